The van der Waals surface area contributed by atoms with Gasteiger partial charge in [0, 0.05) is 110 Å². The number of nitrogens with zero attached hydrogens (tertiary/aromatic N) is 4. The predicted octanol–water partition coefficient (Wildman–Crippen LogP) is 20.9. The fourth-order valence-electron chi connectivity index (χ4n) is 11.0. The largest absolute Gasteiger partial charge is 0.510 e. The summed E-state index contributed by atoms with van der Waals surface area (Å²) < 4.78 is 546. The van der Waals surface area contributed by atoms with Gasteiger partial charge in [-0.05, 0) is 184 Å². The Labute approximate surface area is 617 Å². The van der Waals surface area contributed by atoms with E-state index in [9.17, 15) is 45.2 Å². The number of aromatic nitrogens is 4. The molecule has 0 bridgehead atoms. The predicted molar refractivity (Wildman–Crippen MR) is 361 cm³/mol. The van der Waals surface area contributed by atoms with E-state index in [0.717, 1.165) is 22.3 Å². The molecular weight excluding hydrogens is 1250 g/mol. The average Bonchev–Trinajstić information content (AvgIpc) is 1.61. The van der Waals surface area contributed by atoms with E-state index in [0.29, 0.717) is 56.5 Å². The van der Waals surface area contributed by atoms with E-state index in [1.807, 2.05) is 39.0 Å². The molecule has 0 amide bonds. The number of fused-ring (bicyclic) bond motifs is 7. The van der Waals surface area contributed by atoms with Crippen LogP contribution in [-0.4, -0.2) is 14.1 Å². The monoisotopic (exact) mass is 1390 g/mol. The summed E-state index contributed by atoms with van der Waals surface area (Å²) >= 11 is 0. The fraction of sp³-hybridized carbons (Fsp3) is 0.341. The number of pyridine rings is 1. The van der Waals surface area contributed by atoms with Gasteiger partial charge in [0.25, 0.3) is 6.33 Å². The Hall–Kier alpha value is -7.33. The van der Waals surface area contributed by atoms with E-state index in [1.165, 1.54) is 24.3 Å². The summed E-state index contributed by atoms with van der Waals surface area (Å²) in [7, 11) is 0. The SMILES string of the molecule is [2H]c1c([2H])c2c(c([2H])c1-c1ccc3c(c1)[n+](-c1c(-c4c([2H])c([2H])c5c(c4[2H])C(C([2H])([2H])[2H])(C([2H])([2H])[2H])C([2H])([2H])C([2H])([2H])C5(C([2H])([2H])[2H])C([2H])([2H])[2H])cccc1-c1c([2H])c([2H])c4c(c1[2H])C(C([2H])([2H])[2H])(C([2H])([2H])[2H])C([2H])([2H])C([2H])([2H])C4(C([2H])([2H])[2H])C([2H])([2H])[2H])[c-]n3-c1[c-]c(Oc3[c-]c4c(cc3)c3ccccc3n4-c3cc(C(C)(C)C)ccn3)ccc1)C(C([2H])([2H])[2H])(C([2H])([2H])[2H])C([2H])([2H])C([2H])([2H])C2(C([2H])([2H])[2H])C([2H])([2H])[2H].[Pt]. The number of hydrogen-bond acceptors (Lipinski definition) is 2. The third kappa shape index (κ3) is 10.0. The Morgan fingerprint density at radius 1 is 0.523 bits per heavy atom. The second kappa shape index (κ2) is 20.9. The molecule has 0 spiro atoms. The van der Waals surface area contributed by atoms with Gasteiger partial charge < -0.3 is 13.9 Å². The minimum Gasteiger partial charge on any atom is -0.510 e. The van der Waals surface area contributed by atoms with Crippen molar-refractivity contribution in [1.82, 2.24) is 14.1 Å². The third-order valence-electron chi connectivity index (χ3n) is 15.4. The van der Waals surface area contributed by atoms with Crippen LogP contribution in [0.15, 0.2) is 164 Å². The van der Waals surface area contributed by atoms with Gasteiger partial charge in [0.05, 0.1) is 29.1 Å². The van der Waals surface area contributed by atoms with Crippen molar-refractivity contribution in [2.75, 3.05) is 0 Å². The molecule has 11 aromatic rings. The first-order chi connectivity index (χ1) is 64.6. The van der Waals surface area contributed by atoms with Gasteiger partial charge in [0.1, 0.15) is 5.82 Å². The van der Waals surface area contributed by atoms with Gasteiger partial charge in [-0.15, -0.1) is 29.7 Å². The first-order valence-corrected chi connectivity index (χ1v) is 26.8. The zero-order valence-electron chi connectivity index (χ0n) is 103. The standard InChI is InChI=1S/C82H84N4O.Pt/c1-76(2,3)56-36-43-83-74(48-56)86-70-25-17-16-22-62(70)63-31-30-59(50-72(63)86)87-58-21-18-20-57(49-58)84-51-85(73-47-53(29-35-71(73)84)52-26-32-64-67(44-52)80(10,11)40-37-77(64,4)5)75-60(54-27-33-65-68(45-54)81(12,13)41-38-78(65,6)7)23-19-24-61(75)55-28-34-66-69(46-55)82(14,15)42-39-79(66,8)9;/h16-36,43-48H,37-42H2,1-15H3;/q-2;/i4D3,5D3,6D3,7D3,8D3,9D3,10D3,11D3,12D3,13D3,14D3,15D3,26D,27D,28D,32D,33D,34D,37D2,38D2,39D2,40D2,41D2,42D2,44D,45D,46D;. The maximum Gasteiger partial charge on any atom is 0.268 e. The maximum atomic E-state index is 10.7. The molecule has 0 saturated heterocycles. The molecule has 0 atom stereocenters. The van der Waals surface area contributed by atoms with Gasteiger partial charge in [-0.25, -0.2) is 4.98 Å². The average molecular weight is 1390 g/mol. The van der Waals surface area contributed by atoms with Crippen LogP contribution in [0.1, 0.15) is 258 Å². The molecule has 14 rings (SSSR count). The molecule has 88 heavy (non-hydrogen) atoms. The van der Waals surface area contributed by atoms with Gasteiger partial charge in [-0.2, -0.15) is 18.2 Å². The Morgan fingerprint density at radius 2 is 1.06 bits per heavy atom. The molecule has 0 saturated carbocycles. The van der Waals surface area contributed by atoms with Crippen LogP contribution < -0.4 is 9.30 Å². The Kier molecular flexibility index (Phi) is 5.42. The topological polar surface area (TPSA) is 35.9 Å². The number of hydrogen-bond donors (Lipinski definition) is 0. The van der Waals surface area contributed by atoms with Crippen LogP contribution in [-0.2, 0) is 59.0 Å². The normalized spacial score (nSPS) is 32.3. The third-order valence-corrected chi connectivity index (χ3v) is 15.4. The molecule has 0 aliphatic heterocycles. The van der Waals surface area contributed by atoms with E-state index in [4.69, 9.17) is 42.6 Å². The van der Waals surface area contributed by atoms with Crippen LogP contribution in [0.5, 0.6) is 11.5 Å². The van der Waals surface area contributed by atoms with Crippen LogP contribution >= 0.6 is 0 Å². The number of benzene rings is 8. The van der Waals surface area contributed by atoms with Crippen molar-refractivity contribution in [2.24, 2.45) is 0 Å². The number of rotatable bonds is 8. The van der Waals surface area contributed by atoms with E-state index in [2.05, 4.69) is 18.5 Å². The first kappa shape index (κ1) is 22.9. The maximum absolute atomic E-state index is 10.7. The molecule has 6 heteroatoms. The van der Waals surface area contributed by atoms with E-state index < -0.39 is 302 Å². The minimum atomic E-state index is -5.11. The van der Waals surface area contributed by atoms with Gasteiger partial charge in [-0.1, -0.05) is 211 Å². The second-order valence-electron chi connectivity index (χ2n) is 22.5. The fourth-order valence-corrected chi connectivity index (χ4v) is 11.0. The number of imidazole rings is 1. The quantitative estimate of drug-likeness (QED) is 0.112. The molecule has 3 aliphatic carbocycles. The molecular formula is C82H84N4OPt-2. The first-order valence-electron chi connectivity index (χ1n) is 55.3. The van der Waals surface area contributed by atoms with Gasteiger partial charge in [0.15, 0.2) is 0 Å². The van der Waals surface area contributed by atoms with Crippen molar-refractivity contribution in [2.45, 2.75) is 179 Å². The number of para-hydroxylation sites is 2. The molecule has 5 nitrogen and oxygen atoms in total. The van der Waals surface area contributed by atoms with Crippen LogP contribution in [0, 0.1) is 18.5 Å². The molecule has 0 unspecified atom stereocenters. The van der Waals surface area contributed by atoms with Crippen LogP contribution in [0.25, 0.3) is 83.4 Å². The summed E-state index contributed by atoms with van der Waals surface area (Å²) in [6.45, 7) is -51.1. The van der Waals surface area contributed by atoms with Crippen LogP contribution in [0.4, 0.5) is 0 Å². The van der Waals surface area contributed by atoms with Crippen LogP contribution in [0.3, 0.4) is 0 Å². The summed E-state index contributed by atoms with van der Waals surface area (Å²) in [5.74, 6) is -0.0237. The summed E-state index contributed by atoms with van der Waals surface area (Å²) in [5.41, 5.74) is -52.5. The molecule has 0 N–H and O–H groups in total. The van der Waals surface area contributed by atoms with Crippen molar-refractivity contribution in [1.29, 1.82) is 0 Å². The van der Waals surface area contributed by atoms with Gasteiger partial charge in [0.2, 0.25) is 0 Å². The second-order valence-corrected chi connectivity index (χ2v) is 22.5. The number of ether oxygens (including phenoxy) is 1. The Balaban J connectivity index is 0.0000176. The van der Waals surface area contributed by atoms with E-state index >= 15 is 0 Å². The van der Waals surface area contributed by atoms with Crippen molar-refractivity contribution >= 4 is 32.8 Å². The molecule has 0 fully saturated rings. The molecule has 8 aromatic carbocycles. The van der Waals surface area contributed by atoms with Gasteiger partial charge >= 0.3 is 0 Å². The Morgan fingerprint density at radius 3 is 1.64 bits per heavy atom. The smallest absolute Gasteiger partial charge is 0.268 e. The summed E-state index contributed by atoms with van der Waals surface area (Å²) in [5, 5.41) is 1.29. The summed E-state index contributed by atoms with van der Waals surface area (Å²) in [4.78, 5) is 4.72. The molecule has 3 aromatic heterocycles. The zero-order valence-corrected chi connectivity index (χ0v) is 48.7. The summed E-state index contributed by atoms with van der Waals surface area (Å²) in [6.07, 6.45) is -25.7. The molecule has 3 aliphatic rings. The van der Waals surface area contributed by atoms with Crippen molar-refractivity contribution in [3.63, 3.8) is 0 Å². The zero-order chi connectivity index (χ0) is 110. The minimum absolute atomic E-state index is 0. The molecule has 3 heterocycles. The van der Waals surface area contributed by atoms with E-state index in [1.54, 1.807) is 35.0 Å². The summed E-state index contributed by atoms with van der Waals surface area (Å²) in [6, 6.07) is 10.4. The van der Waals surface area contributed by atoms with E-state index in [-0.39, 0.29) is 32.6 Å². The van der Waals surface area contributed by atoms with Crippen LogP contribution in [0.2, 0.25) is 0 Å². The molecule has 0 radical (unpaired) electrons. The van der Waals surface area contributed by atoms with Gasteiger partial charge in [-0.3, -0.25) is 4.57 Å². The van der Waals surface area contributed by atoms with Crippen molar-refractivity contribution in [3.05, 3.63) is 221 Å². The van der Waals surface area contributed by atoms with Crippen molar-refractivity contribution in [3.8, 4) is 62.1 Å². The Bertz CT molecular complexity index is 6900. The van der Waals surface area contributed by atoms with Crippen molar-refractivity contribution < 1.29 is 109 Å². The molecule has 450 valence electrons.